The highest BCUT2D eigenvalue weighted by Crippen LogP contribution is 2.27. The highest BCUT2D eigenvalue weighted by molar-refractivity contribution is 9.10. The van der Waals surface area contributed by atoms with Gasteiger partial charge >= 0.3 is 0 Å². The Hall–Kier alpha value is -1.51. The number of pyridine rings is 1. The molecule has 0 radical (unpaired) electrons. The van der Waals surface area contributed by atoms with Crippen molar-refractivity contribution in [1.29, 1.82) is 0 Å². The largest absolute Gasteiger partial charge is 0.398 e. The van der Waals surface area contributed by atoms with Crippen molar-refractivity contribution in [3.05, 3.63) is 52.5 Å². The zero-order valence-electron chi connectivity index (χ0n) is 11.0. The predicted octanol–water partition coefficient (Wildman–Crippen LogP) is 2.60. The van der Waals surface area contributed by atoms with E-state index in [1.165, 1.54) is 0 Å². The summed E-state index contributed by atoms with van der Waals surface area (Å²) in [5.74, 6) is -0.873. The fraction of sp³-hybridized carbons (Fsp3) is 0.154. The Morgan fingerprint density at radius 3 is 2.76 bits per heavy atom. The molecule has 0 aliphatic rings. The molecule has 3 N–H and O–H groups in total. The van der Waals surface area contributed by atoms with Gasteiger partial charge in [0.15, 0.2) is 0 Å². The van der Waals surface area contributed by atoms with Crippen LogP contribution in [0.2, 0.25) is 0 Å². The van der Waals surface area contributed by atoms with Gasteiger partial charge in [0.25, 0.3) is 0 Å². The molecule has 2 rings (SSSR count). The minimum absolute atomic E-state index is 0.144. The van der Waals surface area contributed by atoms with Gasteiger partial charge in [0, 0.05) is 28.6 Å². The summed E-state index contributed by atoms with van der Waals surface area (Å²) in [5.41, 5.74) is 6.43. The number of rotatable bonds is 4. The molecule has 1 atom stereocenters. The van der Waals surface area contributed by atoms with Crippen LogP contribution < -0.4 is 10.5 Å². The number of nitrogen functional groups attached to an aromatic ring is 1. The van der Waals surface area contributed by atoms with E-state index >= 15 is 0 Å². The fourth-order valence-electron chi connectivity index (χ4n) is 1.75. The van der Waals surface area contributed by atoms with Gasteiger partial charge in [-0.2, -0.15) is 0 Å². The first-order valence-electron chi connectivity index (χ1n) is 5.98. The summed E-state index contributed by atoms with van der Waals surface area (Å²) in [6.07, 6.45) is 3.12. The Kier molecular flexibility index (Phi) is 4.60. The third kappa shape index (κ3) is 3.58. The zero-order chi connectivity index (χ0) is 15.6. The van der Waals surface area contributed by atoms with E-state index in [1.807, 2.05) is 0 Å². The van der Waals surface area contributed by atoms with Crippen LogP contribution in [0.3, 0.4) is 0 Å². The number of hydrogen-bond donors (Lipinski definition) is 2. The highest BCUT2D eigenvalue weighted by Gasteiger charge is 2.23. The molecule has 0 saturated heterocycles. The summed E-state index contributed by atoms with van der Waals surface area (Å²) in [6.45, 7) is 1.65. The minimum Gasteiger partial charge on any atom is -0.398 e. The van der Waals surface area contributed by atoms with Crippen LogP contribution in [0, 0.1) is 5.82 Å². The second kappa shape index (κ2) is 6.08. The first-order valence-corrected chi connectivity index (χ1v) is 8.25. The molecule has 112 valence electrons. The Balaban J connectivity index is 2.33. The molecule has 0 aliphatic carbocycles. The number of aromatic nitrogens is 1. The van der Waals surface area contributed by atoms with Gasteiger partial charge < -0.3 is 5.73 Å². The van der Waals surface area contributed by atoms with E-state index in [1.54, 1.807) is 31.5 Å². The van der Waals surface area contributed by atoms with Crippen LogP contribution in [-0.4, -0.2) is 13.4 Å². The Morgan fingerprint density at radius 1 is 1.43 bits per heavy atom. The van der Waals surface area contributed by atoms with Gasteiger partial charge in [-0.05, 0) is 46.6 Å². The summed E-state index contributed by atoms with van der Waals surface area (Å²) in [4.78, 5) is 3.43. The molecular weight excluding hydrogens is 361 g/mol. The Morgan fingerprint density at radius 2 is 2.14 bits per heavy atom. The van der Waals surface area contributed by atoms with Crippen LogP contribution in [0.1, 0.15) is 18.5 Å². The number of nitrogens with two attached hydrogens (primary N) is 1. The molecule has 5 nitrogen and oxygen atoms in total. The standard InChI is InChI=1S/C13H13BrFN3O2S/c1-8(9-3-2-4-17-7-9)18-21(19,20)13-6-12(16)10(14)5-11(13)15/h2-8,18H,16H2,1H3. The van der Waals surface area contributed by atoms with Crippen molar-refractivity contribution in [2.24, 2.45) is 0 Å². The van der Waals surface area contributed by atoms with E-state index in [2.05, 4.69) is 25.6 Å². The summed E-state index contributed by atoms with van der Waals surface area (Å²) in [6, 6.07) is 4.98. The van der Waals surface area contributed by atoms with E-state index in [0.717, 1.165) is 12.1 Å². The van der Waals surface area contributed by atoms with Gasteiger partial charge in [0.2, 0.25) is 10.0 Å². The number of benzene rings is 1. The zero-order valence-corrected chi connectivity index (χ0v) is 13.4. The van der Waals surface area contributed by atoms with Crippen LogP contribution in [0.25, 0.3) is 0 Å². The average molecular weight is 374 g/mol. The number of halogens is 2. The predicted molar refractivity (Wildman–Crippen MR) is 81.5 cm³/mol. The maximum atomic E-state index is 13.9. The molecule has 0 saturated carbocycles. The smallest absolute Gasteiger partial charge is 0.244 e. The Bertz CT molecular complexity index is 754. The molecule has 8 heteroatoms. The van der Waals surface area contributed by atoms with E-state index < -0.39 is 26.8 Å². The summed E-state index contributed by atoms with van der Waals surface area (Å²) in [5, 5.41) is 0. The molecule has 2 aromatic rings. The van der Waals surface area contributed by atoms with E-state index in [0.29, 0.717) is 10.0 Å². The van der Waals surface area contributed by atoms with Crippen LogP contribution in [0.5, 0.6) is 0 Å². The van der Waals surface area contributed by atoms with Crippen LogP contribution >= 0.6 is 15.9 Å². The maximum Gasteiger partial charge on any atom is 0.244 e. The molecule has 0 fully saturated rings. The molecule has 0 spiro atoms. The second-order valence-corrected chi connectivity index (χ2v) is 6.97. The van der Waals surface area contributed by atoms with Crippen molar-refractivity contribution >= 4 is 31.6 Å². The first-order chi connectivity index (χ1) is 9.81. The van der Waals surface area contributed by atoms with Gasteiger partial charge in [-0.25, -0.2) is 17.5 Å². The lowest BCUT2D eigenvalue weighted by Gasteiger charge is -2.15. The van der Waals surface area contributed by atoms with Crippen LogP contribution in [0.15, 0.2) is 46.0 Å². The third-order valence-electron chi connectivity index (χ3n) is 2.86. The lowest BCUT2D eigenvalue weighted by atomic mass is 10.2. The van der Waals surface area contributed by atoms with Crippen LogP contribution in [-0.2, 0) is 10.0 Å². The molecule has 1 aromatic heterocycles. The summed E-state index contributed by atoms with van der Waals surface area (Å²) < 4.78 is 41.1. The number of anilines is 1. The normalized spacial score (nSPS) is 13.1. The number of hydrogen-bond acceptors (Lipinski definition) is 4. The van der Waals surface area contributed by atoms with Crippen molar-refractivity contribution < 1.29 is 12.8 Å². The number of nitrogens with zero attached hydrogens (tertiary/aromatic N) is 1. The lowest BCUT2D eigenvalue weighted by Crippen LogP contribution is -2.27. The average Bonchev–Trinajstić information content (AvgIpc) is 2.43. The molecule has 0 bridgehead atoms. The van der Waals surface area contributed by atoms with Crippen LogP contribution in [0.4, 0.5) is 10.1 Å². The SMILES string of the molecule is CC(NS(=O)(=O)c1cc(N)c(Br)cc1F)c1cccnc1. The van der Waals surface area contributed by atoms with Gasteiger partial charge in [-0.3, -0.25) is 4.98 Å². The Labute approximate surface area is 130 Å². The third-order valence-corrected chi connectivity index (χ3v) is 5.10. The fourth-order valence-corrected chi connectivity index (χ4v) is 3.39. The molecule has 1 unspecified atom stereocenters. The monoisotopic (exact) mass is 373 g/mol. The number of nitrogens with one attached hydrogen (secondary N) is 1. The van der Waals surface area contributed by atoms with Crippen molar-refractivity contribution in [2.75, 3.05) is 5.73 Å². The van der Waals surface area contributed by atoms with E-state index in [4.69, 9.17) is 5.73 Å². The maximum absolute atomic E-state index is 13.9. The quantitative estimate of drug-likeness (QED) is 0.806. The van der Waals surface area contributed by atoms with Crippen molar-refractivity contribution in [3.63, 3.8) is 0 Å². The molecular formula is C13H13BrFN3O2S. The summed E-state index contributed by atoms with van der Waals surface area (Å²) in [7, 11) is -4.03. The van der Waals surface area contributed by atoms with Crippen molar-refractivity contribution in [1.82, 2.24) is 9.71 Å². The van der Waals surface area contributed by atoms with Crippen molar-refractivity contribution in [3.8, 4) is 0 Å². The van der Waals surface area contributed by atoms with Gasteiger partial charge in [-0.15, -0.1) is 0 Å². The van der Waals surface area contributed by atoms with Crippen molar-refractivity contribution in [2.45, 2.75) is 17.9 Å². The number of sulfonamides is 1. The van der Waals surface area contributed by atoms with Gasteiger partial charge in [-0.1, -0.05) is 6.07 Å². The highest BCUT2D eigenvalue weighted by atomic mass is 79.9. The molecule has 0 aliphatic heterocycles. The molecule has 1 aromatic carbocycles. The minimum atomic E-state index is -4.03. The topological polar surface area (TPSA) is 85.1 Å². The van der Waals surface area contributed by atoms with E-state index in [9.17, 15) is 12.8 Å². The van der Waals surface area contributed by atoms with E-state index in [-0.39, 0.29) is 5.69 Å². The molecule has 21 heavy (non-hydrogen) atoms. The van der Waals surface area contributed by atoms with Gasteiger partial charge in [0.1, 0.15) is 10.7 Å². The summed E-state index contributed by atoms with van der Waals surface area (Å²) >= 11 is 3.05. The second-order valence-electron chi connectivity index (χ2n) is 4.43. The lowest BCUT2D eigenvalue weighted by molar-refractivity contribution is 0.546. The molecule has 1 heterocycles. The first kappa shape index (κ1) is 15.9. The molecule has 0 amide bonds. The van der Waals surface area contributed by atoms with Gasteiger partial charge in [0.05, 0.1) is 0 Å².